The third-order valence-corrected chi connectivity index (χ3v) is 3.51. The lowest BCUT2D eigenvalue weighted by Gasteiger charge is -2.00. The van der Waals surface area contributed by atoms with Crippen molar-refractivity contribution in [3.8, 4) is 11.4 Å². The highest BCUT2D eigenvalue weighted by molar-refractivity contribution is 9.10. The monoisotopic (exact) mass is 316 g/mol. The van der Waals surface area contributed by atoms with E-state index < -0.39 is 10.0 Å². The molecule has 0 saturated heterocycles. The van der Waals surface area contributed by atoms with Crippen LogP contribution in [0.4, 0.5) is 0 Å². The van der Waals surface area contributed by atoms with E-state index in [1.807, 2.05) is 25.1 Å². The lowest BCUT2D eigenvalue weighted by Crippen LogP contribution is -2.13. The van der Waals surface area contributed by atoms with Crippen LogP contribution in [0.3, 0.4) is 0 Å². The fourth-order valence-corrected chi connectivity index (χ4v) is 2.12. The molecule has 0 atom stereocenters. The molecule has 3 N–H and O–H groups in total. The van der Waals surface area contributed by atoms with Gasteiger partial charge in [0.05, 0.1) is 0 Å². The molecule has 0 aliphatic carbocycles. The lowest BCUT2D eigenvalue weighted by molar-refractivity contribution is 0.589. The summed E-state index contributed by atoms with van der Waals surface area (Å²) < 4.78 is 22.9. The molecule has 2 aromatic rings. The average molecular weight is 317 g/mol. The maximum Gasteiger partial charge on any atom is 0.273 e. The Morgan fingerprint density at radius 1 is 1.41 bits per heavy atom. The summed E-state index contributed by atoms with van der Waals surface area (Å²) in [7, 11) is -3.86. The van der Waals surface area contributed by atoms with E-state index in [1.54, 1.807) is 0 Å². The Hall–Kier alpha value is -1.25. The number of aromatic amines is 1. The minimum absolute atomic E-state index is 0.282. The zero-order chi connectivity index (χ0) is 12.6. The Balaban J connectivity index is 2.55. The minimum atomic E-state index is -3.86. The van der Waals surface area contributed by atoms with E-state index in [4.69, 9.17) is 5.14 Å². The number of primary sulfonamides is 1. The van der Waals surface area contributed by atoms with Crippen LogP contribution >= 0.6 is 15.9 Å². The van der Waals surface area contributed by atoms with Crippen molar-refractivity contribution in [1.82, 2.24) is 15.2 Å². The number of nitrogens with two attached hydrogens (primary N) is 1. The minimum Gasteiger partial charge on any atom is -0.248 e. The number of benzene rings is 1. The molecule has 8 heteroatoms. The first-order valence-electron chi connectivity index (χ1n) is 4.59. The first-order chi connectivity index (χ1) is 7.88. The molecule has 0 saturated carbocycles. The second-order valence-electron chi connectivity index (χ2n) is 3.49. The smallest absolute Gasteiger partial charge is 0.248 e. The molecule has 1 heterocycles. The molecule has 0 amide bonds. The first-order valence-corrected chi connectivity index (χ1v) is 6.93. The SMILES string of the molecule is Cc1ccc(Br)c(-c2n[nH]c(S(N)(=O)=O)n2)c1. The van der Waals surface area contributed by atoms with Crippen LogP contribution in [-0.4, -0.2) is 23.6 Å². The van der Waals surface area contributed by atoms with E-state index in [-0.39, 0.29) is 11.0 Å². The third kappa shape index (κ3) is 2.54. The number of aryl methyl sites for hydroxylation is 1. The van der Waals surface area contributed by atoms with Crippen molar-refractivity contribution in [3.05, 3.63) is 28.2 Å². The number of hydrogen-bond donors (Lipinski definition) is 2. The van der Waals surface area contributed by atoms with Crippen LogP contribution in [0.2, 0.25) is 0 Å². The van der Waals surface area contributed by atoms with E-state index in [0.717, 1.165) is 10.0 Å². The van der Waals surface area contributed by atoms with E-state index in [9.17, 15) is 8.42 Å². The number of hydrogen-bond acceptors (Lipinski definition) is 4. The summed E-state index contributed by atoms with van der Waals surface area (Å²) in [6.07, 6.45) is 0. The highest BCUT2D eigenvalue weighted by atomic mass is 79.9. The summed E-state index contributed by atoms with van der Waals surface area (Å²) in [4.78, 5) is 3.84. The summed E-state index contributed by atoms with van der Waals surface area (Å²) in [6.45, 7) is 1.92. The lowest BCUT2D eigenvalue weighted by atomic mass is 10.1. The van der Waals surface area contributed by atoms with Crippen LogP contribution in [0.25, 0.3) is 11.4 Å². The van der Waals surface area contributed by atoms with Crippen molar-refractivity contribution in [2.24, 2.45) is 5.14 Å². The van der Waals surface area contributed by atoms with Gasteiger partial charge in [0.2, 0.25) is 0 Å². The fourth-order valence-electron chi connectivity index (χ4n) is 1.31. The Morgan fingerprint density at radius 3 is 2.71 bits per heavy atom. The van der Waals surface area contributed by atoms with Crippen molar-refractivity contribution in [3.63, 3.8) is 0 Å². The van der Waals surface area contributed by atoms with E-state index in [1.165, 1.54) is 0 Å². The summed E-state index contributed by atoms with van der Waals surface area (Å²) >= 11 is 3.35. The van der Waals surface area contributed by atoms with Gasteiger partial charge in [0.1, 0.15) is 0 Å². The molecule has 17 heavy (non-hydrogen) atoms. The van der Waals surface area contributed by atoms with Crippen molar-refractivity contribution in [2.45, 2.75) is 12.1 Å². The molecule has 0 radical (unpaired) electrons. The van der Waals surface area contributed by atoms with Crippen molar-refractivity contribution >= 4 is 26.0 Å². The number of sulfonamides is 1. The number of nitrogens with one attached hydrogen (secondary N) is 1. The first kappa shape index (κ1) is 12.2. The van der Waals surface area contributed by atoms with Gasteiger partial charge < -0.3 is 0 Å². The number of halogens is 1. The quantitative estimate of drug-likeness (QED) is 0.868. The summed E-state index contributed by atoms with van der Waals surface area (Å²) in [5.41, 5.74) is 1.72. The van der Waals surface area contributed by atoms with Gasteiger partial charge in [-0.3, -0.25) is 0 Å². The van der Waals surface area contributed by atoms with Crippen LogP contribution in [0, 0.1) is 6.92 Å². The topological polar surface area (TPSA) is 102 Å². The summed E-state index contributed by atoms with van der Waals surface area (Å²) in [6, 6.07) is 5.61. The van der Waals surface area contributed by atoms with Crippen LogP contribution in [0.5, 0.6) is 0 Å². The molecule has 0 unspecified atom stereocenters. The molecule has 6 nitrogen and oxygen atoms in total. The Bertz CT molecular complexity index is 665. The van der Waals surface area contributed by atoms with Gasteiger partial charge in [-0.25, -0.2) is 18.7 Å². The largest absolute Gasteiger partial charge is 0.273 e. The Labute approximate surface area is 106 Å². The molecule has 1 aromatic heterocycles. The Kier molecular flexibility index (Phi) is 3.02. The molecular formula is C9H9BrN4O2S. The average Bonchev–Trinajstić information content (AvgIpc) is 2.70. The van der Waals surface area contributed by atoms with Crippen LogP contribution in [0.15, 0.2) is 27.8 Å². The standard InChI is InChI=1S/C9H9BrN4O2S/c1-5-2-3-7(10)6(4-5)8-12-9(14-13-8)17(11,15)16/h2-4H,1H3,(H2,11,15,16)(H,12,13,14). The van der Waals surface area contributed by atoms with Crippen molar-refractivity contribution in [2.75, 3.05) is 0 Å². The number of H-pyrrole nitrogens is 1. The van der Waals surface area contributed by atoms with Gasteiger partial charge in [-0.05, 0) is 19.1 Å². The van der Waals surface area contributed by atoms with E-state index >= 15 is 0 Å². The van der Waals surface area contributed by atoms with Crippen molar-refractivity contribution < 1.29 is 8.42 Å². The number of rotatable bonds is 2. The molecule has 0 aliphatic rings. The molecule has 1 aromatic carbocycles. The molecule has 0 bridgehead atoms. The second kappa shape index (κ2) is 4.21. The van der Waals surface area contributed by atoms with Crippen molar-refractivity contribution in [1.29, 1.82) is 0 Å². The predicted molar refractivity (Wildman–Crippen MR) is 65.6 cm³/mol. The second-order valence-corrected chi connectivity index (χ2v) is 5.82. The zero-order valence-electron chi connectivity index (χ0n) is 8.81. The third-order valence-electron chi connectivity index (χ3n) is 2.10. The van der Waals surface area contributed by atoms with Gasteiger partial charge in [0.25, 0.3) is 15.2 Å². The van der Waals surface area contributed by atoms with Crippen LogP contribution < -0.4 is 5.14 Å². The van der Waals surface area contributed by atoms with Gasteiger partial charge in [-0.1, -0.05) is 27.6 Å². The molecule has 0 fully saturated rings. The molecule has 90 valence electrons. The number of aromatic nitrogens is 3. The van der Waals surface area contributed by atoms with Gasteiger partial charge in [-0.15, -0.1) is 0 Å². The maximum atomic E-state index is 11.1. The van der Waals surface area contributed by atoms with Crippen LogP contribution in [-0.2, 0) is 10.0 Å². The van der Waals surface area contributed by atoms with E-state index in [2.05, 4.69) is 31.1 Å². The van der Waals surface area contributed by atoms with Gasteiger partial charge >= 0.3 is 0 Å². The highest BCUT2D eigenvalue weighted by Crippen LogP contribution is 2.26. The molecule has 0 spiro atoms. The predicted octanol–water partition coefficient (Wildman–Crippen LogP) is 1.19. The van der Waals surface area contributed by atoms with Gasteiger partial charge in [0.15, 0.2) is 5.82 Å². The maximum absolute atomic E-state index is 11.1. The Morgan fingerprint density at radius 2 is 2.12 bits per heavy atom. The van der Waals surface area contributed by atoms with Gasteiger partial charge in [-0.2, -0.15) is 10.1 Å². The molecule has 0 aliphatic heterocycles. The zero-order valence-corrected chi connectivity index (χ0v) is 11.2. The molecule has 2 rings (SSSR count). The summed E-state index contributed by atoms with van der Waals surface area (Å²) in [5, 5.41) is 10.7. The number of nitrogens with zero attached hydrogens (tertiary/aromatic N) is 2. The summed E-state index contributed by atoms with van der Waals surface area (Å²) in [5.74, 6) is 0.282. The van der Waals surface area contributed by atoms with E-state index in [0.29, 0.717) is 5.56 Å². The molecular weight excluding hydrogens is 308 g/mol. The fraction of sp³-hybridized carbons (Fsp3) is 0.111. The highest BCUT2D eigenvalue weighted by Gasteiger charge is 2.16. The normalized spacial score (nSPS) is 11.7. The van der Waals surface area contributed by atoms with Crippen LogP contribution in [0.1, 0.15) is 5.56 Å². The van der Waals surface area contributed by atoms with Gasteiger partial charge in [0, 0.05) is 10.0 Å².